The summed E-state index contributed by atoms with van der Waals surface area (Å²) >= 11 is 0. The van der Waals surface area contributed by atoms with Crippen molar-refractivity contribution in [3.05, 3.63) is 24.3 Å². The molecule has 1 saturated heterocycles. The molecule has 0 atom stereocenters. The van der Waals surface area contributed by atoms with Crippen molar-refractivity contribution in [2.75, 3.05) is 23.8 Å². The van der Waals surface area contributed by atoms with Gasteiger partial charge < -0.3 is 15.4 Å². The Labute approximate surface area is 131 Å². The highest BCUT2D eigenvalue weighted by Gasteiger charge is 2.38. The number of ether oxygens (including phenoxy) is 1. The van der Waals surface area contributed by atoms with Crippen molar-refractivity contribution in [3.8, 4) is 0 Å². The van der Waals surface area contributed by atoms with Crippen LogP contribution in [0.3, 0.4) is 0 Å². The topological polar surface area (TPSA) is 67.4 Å². The van der Waals surface area contributed by atoms with Crippen LogP contribution in [0.2, 0.25) is 0 Å². The Balaban J connectivity index is 1.91. The van der Waals surface area contributed by atoms with Crippen LogP contribution in [0.1, 0.15) is 19.3 Å². The number of carbonyl (C=O) groups is 2. The van der Waals surface area contributed by atoms with Gasteiger partial charge in [-0.15, -0.1) is 0 Å². The van der Waals surface area contributed by atoms with E-state index in [0.717, 1.165) is 12.8 Å². The lowest BCUT2D eigenvalue weighted by Crippen LogP contribution is -2.29. The van der Waals surface area contributed by atoms with Crippen molar-refractivity contribution < 1.29 is 27.5 Å². The number of anilines is 2. The first-order valence-corrected chi connectivity index (χ1v) is 7.20. The van der Waals surface area contributed by atoms with E-state index in [2.05, 4.69) is 5.32 Å². The highest BCUT2D eigenvalue weighted by molar-refractivity contribution is 5.96. The number of benzene rings is 1. The van der Waals surface area contributed by atoms with E-state index in [1.54, 1.807) is 11.4 Å². The quantitative estimate of drug-likeness (QED) is 0.892. The van der Waals surface area contributed by atoms with Crippen molar-refractivity contribution in [3.63, 3.8) is 0 Å². The second-order valence-electron chi connectivity index (χ2n) is 5.34. The molecule has 0 unspecified atom stereocenters. The lowest BCUT2D eigenvalue weighted by molar-refractivity contribution is -0.167. The van der Waals surface area contributed by atoms with Gasteiger partial charge in [-0.05, 0) is 37.0 Å². The molecule has 2 rings (SSSR count). The predicted octanol–water partition coefficient (Wildman–Crippen LogP) is 2.94. The number of hydrogen-bond donors (Lipinski definition) is 2. The maximum absolute atomic E-state index is 12.2. The average Bonchev–Trinajstić information content (AvgIpc) is 2.47. The fourth-order valence-corrected chi connectivity index (χ4v) is 2.30. The van der Waals surface area contributed by atoms with Crippen molar-refractivity contribution >= 4 is 23.2 Å². The maximum atomic E-state index is 12.2. The minimum absolute atomic E-state index is 0.0313. The molecule has 1 aromatic rings. The Bertz CT molecular complexity index is 569. The summed E-state index contributed by atoms with van der Waals surface area (Å²) in [5.41, 5.74) is 0.304. The third kappa shape index (κ3) is 5.55. The lowest BCUT2D eigenvalue weighted by Gasteiger charge is -2.21. The third-order valence-corrected chi connectivity index (χ3v) is 3.48. The van der Waals surface area contributed by atoms with Gasteiger partial charge in [-0.25, -0.2) is 0 Å². The maximum Gasteiger partial charge on any atom is 0.471 e. The largest absolute Gasteiger partial charge is 0.471 e. The van der Waals surface area contributed by atoms with Gasteiger partial charge in [0, 0.05) is 31.0 Å². The van der Waals surface area contributed by atoms with Gasteiger partial charge in [-0.1, -0.05) is 6.07 Å². The van der Waals surface area contributed by atoms with E-state index in [4.69, 9.17) is 4.74 Å². The first-order chi connectivity index (χ1) is 10.8. The molecule has 1 aliphatic heterocycles. The summed E-state index contributed by atoms with van der Waals surface area (Å²) in [5.74, 6) is -2.02. The van der Waals surface area contributed by atoms with E-state index in [0.29, 0.717) is 25.3 Å². The first-order valence-electron chi connectivity index (χ1n) is 7.20. The summed E-state index contributed by atoms with van der Waals surface area (Å²) in [6.07, 6.45) is -2.99. The number of halogens is 3. The second-order valence-corrected chi connectivity index (χ2v) is 5.34. The molecule has 0 bridgehead atoms. The molecule has 1 aliphatic rings. The van der Waals surface area contributed by atoms with Crippen LogP contribution in [0.25, 0.3) is 0 Å². The van der Waals surface area contributed by atoms with E-state index in [1.807, 2.05) is 0 Å². The van der Waals surface area contributed by atoms with Crippen LogP contribution in [0, 0.1) is 5.92 Å². The fraction of sp³-hybridized carbons (Fsp3) is 0.467. The van der Waals surface area contributed by atoms with Gasteiger partial charge in [0.2, 0.25) is 5.91 Å². The van der Waals surface area contributed by atoms with Crippen molar-refractivity contribution in [1.29, 1.82) is 0 Å². The molecule has 1 fully saturated rings. The Morgan fingerprint density at radius 1 is 1.13 bits per heavy atom. The monoisotopic (exact) mass is 330 g/mol. The molecule has 126 valence electrons. The van der Waals surface area contributed by atoms with E-state index in [1.165, 1.54) is 18.2 Å². The molecule has 0 saturated carbocycles. The van der Waals surface area contributed by atoms with Crippen LogP contribution in [-0.4, -0.2) is 31.2 Å². The Kier molecular flexibility index (Phi) is 5.59. The summed E-state index contributed by atoms with van der Waals surface area (Å²) in [6.45, 7) is 1.27. The van der Waals surface area contributed by atoms with Crippen LogP contribution in [0.15, 0.2) is 24.3 Å². The number of nitrogens with one attached hydrogen (secondary N) is 2. The van der Waals surface area contributed by atoms with Gasteiger partial charge in [-0.2, -0.15) is 13.2 Å². The minimum Gasteiger partial charge on any atom is -0.381 e. The Morgan fingerprint density at radius 2 is 1.74 bits per heavy atom. The third-order valence-electron chi connectivity index (χ3n) is 3.48. The molecule has 0 radical (unpaired) electrons. The first kappa shape index (κ1) is 17.3. The van der Waals surface area contributed by atoms with E-state index < -0.39 is 12.1 Å². The van der Waals surface area contributed by atoms with Gasteiger partial charge >= 0.3 is 12.1 Å². The molecule has 5 nitrogen and oxygen atoms in total. The molecule has 0 spiro atoms. The van der Waals surface area contributed by atoms with E-state index in [9.17, 15) is 22.8 Å². The predicted molar refractivity (Wildman–Crippen MR) is 77.9 cm³/mol. The zero-order valence-electron chi connectivity index (χ0n) is 12.3. The van der Waals surface area contributed by atoms with Gasteiger partial charge in [0.05, 0.1) is 0 Å². The van der Waals surface area contributed by atoms with E-state index >= 15 is 0 Å². The molecule has 23 heavy (non-hydrogen) atoms. The molecular formula is C15H17F3N2O3. The summed E-state index contributed by atoms with van der Waals surface area (Å²) in [5, 5.41) is 4.37. The molecule has 1 heterocycles. The molecule has 2 amide bonds. The number of rotatable bonds is 4. The zero-order valence-corrected chi connectivity index (χ0v) is 12.3. The molecule has 8 heteroatoms. The summed E-state index contributed by atoms with van der Waals surface area (Å²) in [7, 11) is 0. The summed E-state index contributed by atoms with van der Waals surface area (Å²) in [6, 6.07) is 5.60. The second kappa shape index (κ2) is 7.45. The van der Waals surface area contributed by atoms with Crippen LogP contribution >= 0.6 is 0 Å². The van der Waals surface area contributed by atoms with Crippen LogP contribution in [-0.2, 0) is 14.3 Å². The molecule has 0 aromatic heterocycles. The van der Waals surface area contributed by atoms with Crippen LogP contribution in [0.4, 0.5) is 24.5 Å². The number of amides is 2. The fourth-order valence-electron chi connectivity index (χ4n) is 2.30. The summed E-state index contributed by atoms with van der Waals surface area (Å²) in [4.78, 5) is 22.8. The molecule has 0 aliphatic carbocycles. The Hall–Kier alpha value is -2.09. The van der Waals surface area contributed by atoms with E-state index in [-0.39, 0.29) is 17.5 Å². The number of alkyl halides is 3. The zero-order chi connectivity index (χ0) is 16.9. The molecular weight excluding hydrogens is 313 g/mol. The smallest absolute Gasteiger partial charge is 0.381 e. The van der Waals surface area contributed by atoms with Gasteiger partial charge in [0.15, 0.2) is 0 Å². The highest BCUT2D eigenvalue weighted by Crippen LogP contribution is 2.22. The Morgan fingerprint density at radius 3 is 2.35 bits per heavy atom. The lowest BCUT2D eigenvalue weighted by atomic mass is 9.96. The normalized spacial score (nSPS) is 16.0. The molecule has 2 N–H and O–H groups in total. The summed E-state index contributed by atoms with van der Waals surface area (Å²) < 4.78 is 41.9. The van der Waals surface area contributed by atoms with Gasteiger partial charge in [0.25, 0.3) is 0 Å². The van der Waals surface area contributed by atoms with Crippen LogP contribution in [0.5, 0.6) is 0 Å². The van der Waals surface area contributed by atoms with Crippen molar-refractivity contribution in [1.82, 2.24) is 0 Å². The van der Waals surface area contributed by atoms with Crippen LogP contribution < -0.4 is 10.6 Å². The van der Waals surface area contributed by atoms with Crippen molar-refractivity contribution in [2.24, 2.45) is 5.92 Å². The van der Waals surface area contributed by atoms with Crippen molar-refractivity contribution in [2.45, 2.75) is 25.4 Å². The van der Waals surface area contributed by atoms with Gasteiger partial charge in [0.1, 0.15) is 0 Å². The SMILES string of the molecule is O=C(CC1CCOCC1)Nc1cccc(NC(=O)C(F)(F)F)c1. The highest BCUT2D eigenvalue weighted by atomic mass is 19.4. The molecule has 1 aromatic carbocycles. The standard InChI is InChI=1S/C15H17F3N2O3/c16-15(17,18)14(22)20-12-3-1-2-11(9-12)19-13(21)8-10-4-6-23-7-5-10/h1-3,9-10H,4-8H2,(H,19,21)(H,20,22). The number of hydrogen-bond acceptors (Lipinski definition) is 3. The number of carbonyl (C=O) groups excluding carboxylic acids is 2. The average molecular weight is 330 g/mol. The van der Waals surface area contributed by atoms with Gasteiger partial charge in [-0.3, -0.25) is 9.59 Å². The minimum atomic E-state index is -4.96.